The summed E-state index contributed by atoms with van der Waals surface area (Å²) in [5.74, 6) is 1.08. The normalized spacial score (nSPS) is 17.7. The quantitative estimate of drug-likeness (QED) is 0.710. The zero-order chi connectivity index (χ0) is 19.6. The summed E-state index contributed by atoms with van der Waals surface area (Å²) >= 11 is 0. The van der Waals surface area contributed by atoms with E-state index in [1.54, 1.807) is 57.5 Å². The summed E-state index contributed by atoms with van der Waals surface area (Å²) in [5, 5.41) is 0. The maximum absolute atomic E-state index is 13.1. The van der Waals surface area contributed by atoms with Gasteiger partial charge in [0.15, 0.2) is 5.78 Å². The molecule has 1 fully saturated rings. The molecule has 1 aliphatic rings. The van der Waals surface area contributed by atoms with Crippen LogP contribution in [0.5, 0.6) is 11.5 Å². The van der Waals surface area contributed by atoms with Crippen LogP contribution in [0.25, 0.3) is 0 Å². The van der Waals surface area contributed by atoms with E-state index in [0.717, 1.165) is 5.56 Å². The van der Waals surface area contributed by atoms with Crippen LogP contribution in [-0.2, 0) is 10.0 Å². The highest BCUT2D eigenvalue weighted by Gasteiger charge is 2.39. The molecule has 144 valence electrons. The number of hydrogen-bond donors (Lipinski definition) is 0. The Bertz CT molecular complexity index is 937. The molecule has 3 rings (SSSR count). The van der Waals surface area contributed by atoms with Gasteiger partial charge in [-0.05, 0) is 67.8 Å². The van der Waals surface area contributed by atoms with E-state index in [0.29, 0.717) is 36.4 Å². The summed E-state index contributed by atoms with van der Waals surface area (Å²) in [7, 11) is -0.672. The highest BCUT2D eigenvalue weighted by Crippen LogP contribution is 2.30. The fourth-order valence-electron chi connectivity index (χ4n) is 3.38. The maximum atomic E-state index is 13.1. The summed E-state index contributed by atoms with van der Waals surface area (Å²) in [6, 6.07) is 10.8. The van der Waals surface area contributed by atoms with Crippen LogP contribution in [0.4, 0.5) is 0 Å². The predicted octanol–water partition coefficient (Wildman–Crippen LogP) is 3.05. The van der Waals surface area contributed by atoms with Crippen LogP contribution in [0.3, 0.4) is 0 Å². The fourth-order valence-corrected chi connectivity index (χ4v) is 5.13. The number of rotatable bonds is 6. The second-order valence-electron chi connectivity index (χ2n) is 6.50. The summed E-state index contributed by atoms with van der Waals surface area (Å²) < 4.78 is 37.9. The Morgan fingerprint density at radius 3 is 2.37 bits per heavy atom. The van der Waals surface area contributed by atoms with Crippen molar-refractivity contribution in [3.8, 4) is 11.5 Å². The van der Waals surface area contributed by atoms with Gasteiger partial charge < -0.3 is 9.47 Å². The molecular formula is C20H23NO5S. The van der Waals surface area contributed by atoms with Gasteiger partial charge in [-0.1, -0.05) is 0 Å². The Balaban J connectivity index is 1.90. The molecule has 1 unspecified atom stereocenters. The minimum Gasteiger partial charge on any atom is -0.497 e. The van der Waals surface area contributed by atoms with Gasteiger partial charge >= 0.3 is 0 Å². The van der Waals surface area contributed by atoms with Gasteiger partial charge in [0.1, 0.15) is 11.5 Å². The van der Waals surface area contributed by atoms with Crippen LogP contribution < -0.4 is 9.47 Å². The molecule has 1 atom stereocenters. The lowest BCUT2D eigenvalue weighted by Gasteiger charge is -2.23. The van der Waals surface area contributed by atoms with E-state index >= 15 is 0 Å². The van der Waals surface area contributed by atoms with Gasteiger partial charge in [0.05, 0.1) is 25.2 Å². The molecule has 1 saturated heterocycles. The van der Waals surface area contributed by atoms with Crippen LogP contribution in [0.2, 0.25) is 0 Å². The molecule has 2 aromatic carbocycles. The zero-order valence-electron chi connectivity index (χ0n) is 15.6. The summed E-state index contributed by atoms with van der Waals surface area (Å²) in [4.78, 5) is 13.1. The topological polar surface area (TPSA) is 72.9 Å². The third kappa shape index (κ3) is 3.70. The van der Waals surface area contributed by atoms with Crippen molar-refractivity contribution in [2.45, 2.75) is 30.7 Å². The Kier molecular flexibility index (Phi) is 5.53. The fraction of sp³-hybridized carbons (Fsp3) is 0.350. The number of carbonyl (C=O) groups is 1. The zero-order valence-corrected chi connectivity index (χ0v) is 16.5. The van der Waals surface area contributed by atoms with Gasteiger partial charge in [-0.15, -0.1) is 0 Å². The molecule has 0 N–H and O–H groups in total. The number of methoxy groups -OCH3 is 2. The summed E-state index contributed by atoms with van der Waals surface area (Å²) in [6.45, 7) is 2.13. The van der Waals surface area contributed by atoms with Crippen molar-refractivity contribution in [1.29, 1.82) is 0 Å². The monoisotopic (exact) mass is 389 g/mol. The average molecular weight is 389 g/mol. The van der Waals surface area contributed by atoms with E-state index in [1.807, 2.05) is 0 Å². The molecule has 0 bridgehead atoms. The van der Waals surface area contributed by atoms with Crippen LogP contribution in [0.1, 0.15) is 28.8 Å². The smallest absolute Gasteiger partial charge is 0.243 e. The van der Waals surface area contributed by atoms with Crippen LogP contribution in [-0.4, -0.2) is 45.3 Å². The van der Waals surface area contributed by atoms with Crippen LogP contribution in [0.15, 0.2) is 47.4 Å². The minimum absolute atomic E-state index is 0.176. The largest absolute Gasteiger partial charge is 0.497 e. The second kappa shape index (κ2) is 7.70. The van der Waals surface area contributed by atoms with Crippen molar-refractivity contribution in [2.24, 2.45) is 0 Å². The van der Waals surface area contributed by atoms with E-state index in [9.17, 15) is 13.2 Å². The third-order valence-corrected chi connectivity index (χ3v) is 6.76. The van der Waals surface area contributed by atoms with Crippen LogP contribution >= 0.6 is 0 Å². The number of sulfonamides is 1. The number of nitrogens with zero attached hydrogens (tertiary/aromatic N) is 1. The van der Waals surface area contributed by atoms with E-state index in [2.05, 4.69) is 0 Å². The maximum Gasteiger partial charge on any atom is 0.243 e. The molecule has 0 spiro atoms. The van der Waals surface area contributed by atoms with Gasteiger partial charge in [0, 0.05) is 12.1 Å². The minimum atomic E-state index is -3.77. The number of aryl methyl sites for hydroxylation is 1. The van der Waals surface area contributed by atoms with Gasteiger partial charge in [0.25, 0.3) is 0 Å². The van der Waals surface area contributed by atoms with Crippen molar-refractivity contribution < 1.29 is 22.7 Å². The molecule has 1 aliphatic heterocycles. The van der Waals surface area contributed by atoms with Crippen molar-refractivity contribution in [2.75, 3.05) is 20.8 Å². The molecule has 0 aliphatic carbocycles. The van der Waals surface area contributed by atoms with E-state index in [-0.39, 0.29) is 10.7 Å². The number of hydrogen-bond acceptors (Lipinski definition) is 5. The molecule has 1 heterocycles. The van der Waals surface area contributed by atoms with Gasteiger partial charge in [0.2, 0.25) is 10.0 Å². The Labute approximate surface area is 159 Å². The first kappa shape index (κ1) is 19.4. The first-order chi connectivity index (χ1) is 12.9. The Hall–Kier alpha value is -2.38. The average Bonchev–Trinajstić information content (AvgIpc) is 3.18. The molecule has 2 aromatic rings. The SMILES string of the molecule is COc1ccc(C(=O)C2CCCN2S(=O)(=O)c2ccc(OC)c(C)c2)cc1. The summed E-state index contributed by atoms with van der Waals surface area (Å²) in [6.07, 6.45) is 1.17. The standard InChI is InChI=1S/C20H23NO5S/c1-14-13-17(10-11-19(14)26-3)27(23,24)21-12-4-5-18(21)20(22)15-6-8-16(25-2)9-7-15/h6-11,13,18H,4-5,12H2,1-3H3. The lowest BCUT2D eigenvalue weighted by molar-refractivity contribution is 0.0918. The second-order valence-corrected chi connectivity index (χ2v) is 8.39. The van der Waals surface area contributed by atoms with Gasteiger partial charge in [-0.2, -0.15) is 4.31 Å². The van der Waals surface area contributed by atoms with Crippen molar-refractivity contribution in [3.63, 3.8) is 0 Å². The number of ketones is 1. The van der Waals surface area contributed by atoms with Crippen LogP contribution in [0, 0.1) is 6.92 Å². The number of carbonyl (C=O) groups excluding carboxylic acids is 1. The molecule has 7 heteroatoms. The lowest BCUT2D eigenvalue weighted by atomic mass is 10.0. The molecule has 0 radical (unpaired) electrons. The number of Topliss-reactive ketones (excluding diaryl/α,β-unsaturated/α-hetero) is 1. The lowest BCUT2D eigenvalue weighted by Crippen LogP contribution is -2.40. The van der Waals surface area contributed by atoms with E-state index < -0.39 is 16.1 Å². The first-order valence-electron chi connectivity index (χ1n) is 8.73. The molecule has 0 aromatic heterocycles. The van der Waals surface area contributed by atoms with Crippen molar-refractivity contribution >= 4 is 15.8 Å². The Morgan fingerprint density at radius 2 is 1.78 bits per heavy atom. The third-order valence-electron chi connectivity index (χ3n) is 4.85. The number of ether oxygens (including phenoxy) is 2. The Morgan fingerprint density at radius 1 is 1.07 bits per heavy atom. The highest BCUT2D eigenvalue weighted by atomic mass is 32.2. The van der Waals surface area contributed by atoms with Crippen molar-refractivity contribution in [3.05, 3.63) is 53.6 Å². The summed E-state index contributed by atoms with van der Waals surface area (Å²) in [5.41, 5.74) is 1.21. The van der Waals surface area contributed by atoms with E-state index in [4.69, 9.17) is 9.47 Å². The molecular weight excluding hydrogens is 366 g/mol. The predicted molar refractivity (Wildman–Crippen MR) is 102 cm³/mol. The highest BCUT2D eigenvalue weighted by molar-refractivity contribution is 7.89. The molecule has 0 amide bonds. The molecule has 6 nitrogen and oxygen atoms in total. The number of benzene rings is 2. The molecule has 27 heavy (non-hydrogen) atoms. The van der Waals surface area contributed by atoms with Gasteiger partial charge in [-0.25, -0.2) is 8.42 Å². The van der Waals surface area contributed by atoms with Crippen molar-refractivity contribution in [1.82, 2.24) is 4.31 Å². The van der Waals surface area contributed by atoms with Gasteiger partial charge in [-0.3, -0.25) is 4.79 Å². The molecule has 0 saturated carbocycles. The van der Waals surface area contributed by atoms with E-state index in [1.165, 1.54) is 10.4 Å². The first-order valence-corrected chi connectivity index (χ1v) is 10.2.